The van der Waals surface area contributed by atoms with E-state index in [1.54, 1.807) is 0 Å². The molecule has 2 aliphatic rings. The summed E-state index contributed by atoms with van der Waals surface area (Å²) in [6, 6.07) is 21.2. The Balaban J connectivity index is 1.40. The maximum absolute atomic E-state index is 13.0. The number of carbonyl (C=O) groups is 1. The van der Waals surface area contributed by atoms with Gasteiger partial charge < -0.3 is 4.90 Å². The van der Waals surface area contributed by atoms with Crippen molar-refractivity contribution in [3.05, 3.63) is 71.8 Å². The number of hydrogen-bond acceptors (Lipinski definition) is 3. The van der Waals surface area contributed by atoms with E-state index >= 15 is 0 Å². The van der Waals surface area contributed by atoms with Crippen molar-refractivity contribution >= 4 is 5.91 Å². The largest absolute Gasteiger partial charge is 0.338 e. The van der Waals surface area contributed by atoms with Crippen LogP contribution in [0, 0.1) is 0 Å². The summed E-state index contributed by atoms with van der Waals surface area (Å²) in [6.45, 7) is 0.879. The molecule has 2 fully saturated rings. The van der Waals surface area contributed by atoms with Gasteiger partial charge in [0.15, 0.2) is 0 Å². The van der Waals surface area contributed by atoms with Crippen molar-refractivity contribution < 1.29 is 4.79 Å². The minimum Gasteiger partial charge on any atom is -0.338 e. The zero-order valence-electron chi connectivity index (χ0n) is 14.4. The highest BCUT2D eigenvalue weighted by Gasteiger charge is 2.37. The molecule has 3 atom stereocenters. The van der Waals surface area contributed by atoms with Gasteiger partial charge in [0.1, 0.15) is 6.04 Å². The van der Waals surface area contributed by atoms with Crippen LogP contribution in [-0.2, 0) is 11.2 Å². The summed E-state index contributed by atoms with van der Waals surface area (Å²) in [7, 11) is 0. The van der Waals surface area contributed by atoms with Crippen LogP contribution in [0.5, 0.6) is 0 Å². The zero-order valence-corrected chi connectivity index (χ0v) is 14.4. The molecule has 0 bridgehead atoms. The van der Waals surface area contributed by atoms with E-state index < -0.39 is 0 Å². The van der Waals surface area contributed by atoms with Gasteiger partial charge in [-0.1, -0.05) is 60.7 Å². The summed E-state index contributed by atoms with van der Waals surface area (Å²) in [6.07, 6.45) is 3.96. The number of amides is 1. The number of benzene rings is 2. The molecule has 1 amide bonds. The van der Waals surface area contributed by atoms with Gasteiger partial charge in [0.2, 0.25) is 5.91 Å². The predicted octanol–water partition coefficient (Wildman–Crippen LogP) is 2.83. The number of hydrogen-bond donors (Lipinski definition) is 2. The number of rotatable bonds is 4. The van der Waals surface area contributed by atoms with Crippen molar-refractivity contribution in [2.45, 2.75) is 43.8 Å². The van der Waals surface area contributed by atoms with Gasteiger partial charge in [-0.15, -0.1) is 0 Å². The summed E-state index contributed by atoms with van der Waals surface area (Å²) in [5.74, 6) is 0.240. The van der Waals surface area contributed by atoms with Gasteiger partial charge in [-0.05, 0) is 36.8 Å². The molecule has 2 aromatic carbocycles. The Morgan fingerprint density at radius 2 is 1.72 bits per heavy atom. The van der Waals surface area contributed by atoms with Crippen molar-refractivity contribution in [3.8, 4) is 0 Å². The van der Waals surface area contributed by atoms with Gasteiger partial charge in [-0.3, -0.25) is 4.79 Å². The predicted molar refractivity (Wildman–Crippen MR) is 98.7 cm³/mol. The molecule has 130 valence electrons. The van der Waals surface area contributed by atoms with Crippen LogP contribution in [0.2, 0.25) is 0 Å². The van der Waals surface area contributed by atoms with E-state index in [2.05, 4.69) is 52.1 Å². The van der Waals surface area contributed by atoms with Crippen LogP contribution in [-0.4, -0.2) is 29.4 Å². The standard InChI is InChI=1S/C21H25N3O/c25-21(20-15-19(22-23-20)17-10-5-2-6-11-17)24-13-7-12-18(24)14-16-8-3-1-4-9-16/h1-6,8-11,18-20,22-23H,7,12-15H2. The monoisotopic (exact) mass is 335 g/mol. The van der Waals surface area contributed by atoms with Crippen molar-refractivity contribution in [3.63, 3.8) is 0 Å². The molecular formula is C21H25N3O. The van der Waals surface area contributed by atoms with E-state index in [4.69, 9.17) is 0 Å². The van der Waals surface area contributed by atoms with E-state index in [9.17, 15) is 4.79 Å². The first-order valence-electron chi connectivity index (χ1n) is 9.21. The van der Waals surface area contributed by atoms with Crippen LogP contribution in [0.3, 0.4) is 0 Å². The first-order valence-corrected chi connectivity index (χ1v) is 9.21. The molecule has 0 aromatic heterocycles. The normalized spacial score (nSPS) is 26.1. The summed E-state index contributed by atoms with van der Waals surface area (Å²) in [5.41, 5.74) is 9.06. The fourth-order valence-corrected chi connectivity index (χ4v) is 4.05. The SMILES string of the molecule is O=C(C1CC(c2ccccc2)NN1)N1CCCC1Cc1ccccc1. The average Bonchev–Trinajstić information content (AvgIpc) is 3.32. The third-order valence-corrected chi connectivity index (χ3v) is 5.38. The maximum atomic E-state index is 13.0. The van der Waals surface area contributed by atoms with Crippen LogP contribution in [0.15, 0.2) is 60.7 Å². The van der Waals surface area contributed by atoms with Crippen molar-refractivity contribution in [2.75, 3.05) is 6.54 Å². The summed E-state index contributed by atoms with van der Waals surface area (Å²) < 4.78 is 0. The molecule has 0 spiro atoms. The number of hydrazine groups is 1. The first-order chi connectivity index (χ1) is 12.3. The third-order valence-electron chi connectivity index (χ3n) is 5.38. The molecular weight excluding hydrogens is 310 g/mol. The molecule has 4 heteroatoms. The second-order valence-corrected chi connectivity index (χ2v) is 7.06. The zero-order chi connectivity index (χ0) is 17.1. The third kappa shape index (κ3) is 3.60. The molecule has 4 nitrogen and oxygen atoms in total. The fraction of sp³-hybridized carbons (Fsp3) is 0.381. The molecule has 3 unspecified atom stereocenters. The van der Waals surface area contributed by atoms with Gasteiger partial charge in [-0.25, -0.2) is 10.9 Å². The Morgan fingerprint density at radius 1 is 1.00 bits per heavy atom. The molecule has 2 saturated heterocycles. The number of nitrogens with one attached hydrogen (secondary N) is 2. The number of carbonyl (C=O) groups excluding carboxylic acids is 1. The van der Waals surface area contributed by atoms with E-state index in [-0.39, 0.29) is 18.0 Å². The molecule has 2 heterocycles. The minimum absolute atomic E-state index is 0.137. The minimum atomic E-state index is -0.137. The number of likely N-dealkylation sites (tertiary alicyclic amines) is 1. The lowest BCUT2D eigenvalue weighted by atomic mass is 10.0. The lowest BCUT2D eigenvalue weighted by Gasteiger charge is -2.27. The molecule has 0 aliphatic carbocycles. The van der Waals surface area contributed by atoms with Gasteiger partial charge >= 0.3 is 0 Å². The Labute approximate surface area is 149 Å². The van der Waals surface area contributed by atoms with Gasteiger partial charge in [0.25, 0.3) is 0 Å². The highest BCUT2D eigenvalue weighted by atomic mass is 16.2. The van der Waals surface area contributed by atoms with E-state index in [1.807, 2.05) is 24.3 Å². The quantitative estimate of drug-likeness (QED) is 0.903. The first kappa shape index (κ1) is 16.3. The fourth-order valence-electron chi connectivity index (χ4n) is 4.05. The van der Waals surface area contributed by atoms with Gasteiger partial charge in [0.05, 0.1) is 0 Å². The van der Waals surface area contributed by atoms with Gasteiger partial charge in [-0.2, -0.15) is 0 Å². The lowest BCUT2D eigenvalue weighted by Crippen LogP contribution is -2.47. The Bertz CT molecular complexity index is 704. The van der Waals surface area contributed by atoms with Crippen molar-refractivity contribution in [1.29, 1.82) is 0 Å². The van der Waals surface area contributed by atoms with Crippen LogP contribution in [0.1, 0.15) is 36.4 Å². The summed E-state index contributed by atoms with van der Waals surface area (Å²) in [5, 5.41) is 0. The second-order valence-electron chi connectivity index (χ2n) is 7.06. The molecule has 0 saturated carbocycles. The average molecular weight is 335 g/mol. The van der Waals surface area contributed by atoms with E-state index in [0.717, 1.165) is 32.2 Å². The molecule has 2 aromatic rings. The van der Waals surface area contributed by atoms with Crippen molar-refractivity contribution in [2.24, 2.45) is 0 Å². The van der Waals surface area contributed by atoms with Crippen molar-refractivity contribution in [1.82, 2.24) is 15.8 Å². The number of nitrogens with zero attached hydrogens (tertiary/aromatic N) is 1. The topological polar surface area (TPSA) is 44.4 Å². The van der Waals surface area contributed by atoms with Gasteiger partial charge in [0, 0.05) is 18.6 Å². The Hall–Kier alpha value is -2.17. The van der Waals surface area contributed by atoms with Crippen LogP contribution in [0.4, 0.5) is 0 Å². The highest BCUT2D eigenvalue weighted by Crippen LogP contribution is 2.27. The smallest absolute Gasteiger partial charge is 0.241 e. The van der Waals surface area contributed by atoms with E-state index in [1.165, 1.54) is 11.1 Å². The Kier molecular flexibility index (Phi) is 4.81. The van der Waals surface area contributed by atoms with Crippen LogP contribution >= 0.6 is 0 Å². The maximum Gasteiger partial charge on any atom is 0.241 e. The summed E-state index contributed by atoms with van der Waals surface area (Å²) >= 11 is 0. The Morgan fingerprint density at radius 3 is 2.48 bits per heavy atom. The van der Waals surface area contributed by atoms with Crippen LogP contribution in [0.25, 0.3) is 0 Å². The molecule has 2 aliphatic heterocycles. The second kappa shape index (κ2) is 7.38. The lowest BCUT2D eigenvalue weighted by molar-refractivity contribution is -0.134. The van der Waals surface area contributed by atoms with Crippen LogP contribution < -0.4 is 10.9 Å². The summed E-state index contributed by atoms with van der Waals surface area (Å²) in [4.78, 5) is 15.1. The van der Waals surface area contributed by atoms with E-state index in [0.29, 0.717) is 6.04 Å². The molecule has 0 radical (unpaired) electrons. The molecule has 2 N–H and O–H groups in total. The molecule has 4 rings (SSSR count). The molecule has 25 heavy (non-hydrogen) atoms. The highest BCUT2D eigenvalue weighted by molar-refractivity contribution is 5.82.